The molecule has 3 nitrogen and oxygen atoms in total. The molecule has 0 spiro atoms. The van der Waals surface area contributed by atoms with E-state index < -0.39 is 0 Å². The molecule has 1 aliphatic heterocycles. The minimum Gasteiger partial charge on any atom is -0.395 e. The van der Waals surface area contributed by atoms with Crippen molar-refractivity contribution in [2.45, 2.75) is 12.2 Å². The predicted molar refractivity (Wildman–Crippen MR) is 56.3 cm³/mol. The molecule has 1 rings (SSSR count). The van der Waals surface area contributed by atoms with Crippen LogP contribution in [0.3, 0.4) is 0 Å². The third kappa shape index (κ3) is 4.86. The van der Waals surface area contributed by atoms with Crippen molar-refractivity contribution in [3.63, 3.8) is 0 Å². The predicted octanol–water partition coefficient (Wildman–Crippen LogP) is 0.433. The lowest BCUT2D eigenvalue weighted by molar-refractivity contribution is 0.0410. The Hall–Kier alpha value is 0.230. The monoisotopic (exact) mass is 205 g/mol. The maximum Gasteiger partial charge on any atom is 0.0594 e. The van der Waals surface area contributed by atoms with Crippen LogP contribution in [-0.2, 0) is 4.74 Å². The Kier molecular flexibility index (Phi) is 5.78. The molecule has 4 heteroatoms. The van der Waals surface area contributed by atoms with Crippen LogP contribution < -0.4 is 0 Å². The second-order valence-corrected chi connectivity index (χ2v) is 4.86. The van der Waals surface area contributed by atoms with Gasteiger partial charge in [0, 0.05) is 30.6 Å². The second-order valence-electron chi connectivity index (χ2n) is 3.32. The van der Waals surface area contributed by atoms with Gasteiger partial charge in [0.2, 0.25) is 0 Å². The fraction of sp³-hybridized carbons (Fsp3) is 1.00. The fourth-order valence-electron chi connectivity index (χ4n) is 1.26. The van der Waals surface area contributed by atoms with Gasteiger partial charge in [0.25, 0.3) is 0 Å². The van der Waals surface area contributed by atoms with Crippen molar-refractivity contribution >= 4 is 11.8 Å². The summed E-state index contributed by atoms with van der Waals surface area (Å²) in [6.45, 7) is 7.35. The number of thioether (sulfide) groups is 1. The summed E-state index contributed by atoms with van der Waals surface area (Å²) >= 11 is 1.84. The van der Waals surface area contributed by atoms with E-state index in [9.17, 15) is 0 Å². The standard InChI is InChI=1S/C9H19NO2S/c1-9(8-11)13-7-4-10-2-5-12-6-3-10/h9,11H,2-8H2,1H3. The molecule has 0 bridgehead atoms. The highest BCUT2D eigenvalue weighted by molar-refractivity contribution is 7.99. The molecular weight excluding hydrogens is 186 g/mol. The Morgan fingerprint density at radius 3 is 2.77 bits per heavy atom. The molecule has 0 aromatic carbocycles. The lowest BCUT2D eigenvalue weighted by Gasteiger charge is -2.26. The third-order valence-corrected chi connectivity index (χ3v) is 3.31. The highest BCUT2D eigenvalue weighted by Gasteiger charge is 2.10. The van der Waals surface area contributed by atoms with Crippen LogP contribution in [0.25, 0.3) is 0 Å². The Bertz CT molecular complexity index is 129. The van der Waals surface area contributed by atoms with Gasteiger partial charge in [0.15, 0.2) is 0 Å². The van der Waals surface area contributed by atoms with Crippen LogP contribution in [-0.4, -0.2) is 60.5 Å². The first-order valence-electron chi connectivity index (χ1n) is 4.85. The van der Waals surface area contributed by atoms with E-state index in [2.05, 4.69) is 11.8 Å². The Labute approximate surface area is 84.4 Å². The summed E-state index contributed by atoms with van der Waals surface area (Å²) in [5.41, 5.74) is 0. The van der Waals surface area contributed by atoms with Crippen LogP contribution in [0.15, 0.2) is 0 Å². The van der Waals surface area contributed by atoms with Gasteiger partial charge in [-0.05, 0) is 0 Å². The Balaban J connectivity index is 1.98. The highest BCUT2D eigenvalue weighted by atomic mass is 32.2. The molecule has 0 radical (unpaired) electrons. The SMILES string of the molecule is CC(CO)SCCN1CCOCC1. The lowest BCUT2D eigenvalue weighted by atomic mass is 10.4. The molecule has 0 saturated carbocycles. The summed E-state index contributed by atoms with van der Waals surface area (Å²) in [7, 11) is 0. The van der Waals surface area contributed by atoms with E-state index >= 15 is 0 Å². The van der Waals surface area contributed by atoms with E-state index in [-0.39, 0.29) is 6.61 Å². The summed E-state index contributed by atoms with van der Waals surface area (Å²) < 4.78 is 5.26. The average Bonchev–Trinajstić information content (AvgIpc) is 2.19. The number of hydrogen-bond donors (Lipinski definition) is 1. The van der Waals surface area contributed by atoms with Gasteiger partial charge in [-0.3, -0.25) is 4.90 Å². The van der Waals surface area contributed by atoms with Crippen LogP contribution in [0.1, 0.15) is 6.92 Å². The third-order valence-electron chi connectivity index (χ3n) is 2.17. The highest BCUT2D eigenvalue weighted by Crippen LogP contribution is 2.09. The first kappa shape index (κ1) is 11.3. The lowest BCUT2D eigenvalue weighted by Crippen LogP contribution is -2.37. The first-order chi connectivity index (χ1) is 6.33. The molecule has 1 atom stereocenters. The minimum atomic E-state index is 0.285. The number of ether oxygens (including phenoxy) is 1. The topological polar surface area (TPSA) is 32.7 Å². The normalized spacial score (nSPS) is 21.7. The molecule has 1 fully saturated rings. The first-order valence-corrected chi connectivity index (χ1v) is 5.90. The van der Waals surface area contributed by atoms with Crippen LogP contribution in [0.4, 0.5) is 0 Å². The molecule has 0 aromatic heterocycles. The largest absolute Gasteiger partial charge is 0.395 e. The smallest absolute Gasteiger partial charge is 0.0594 e. The number of nitrogens with zero attached hydrogens (tertiary/aromatic N) is 1. The molecule has 78 valence electrons. The number of morpholine rings is 1. The van der Waals surface area contributed by atoms with Crippen molar-refractivity contribution in [3.8, 4) is 0 Å². The molecule has 13 heavy (non-hydrogen) atoms. The van der Waals surface area contributed by atoms with Crippen molar-refractivity contribution < 1.29 is 9.84 Å². The van der Waals surface area contributed by atoms with Crippen LogP contribution in [0.5, 0.6) is 0 Å². The van der Waals surface area contributed by atoms with Crippen molar-refractivity contribution in [3.05, 3.63) is 0 Å². The maximum absolute atomic E-state index is 8.82. The molecule has 0 aromatic rings. The van der Waals surface area contributed by atoms with Crippen molar-refractivity contribution in [1.82, 2.24) is 4.90 Å². The van der Waals surface area contributed by atoms with E-state index in [1.165, 1.54) is 0 Å². The van der Waals surface area contributed by atoms with Gasteiger partial charge in [-0.15, -0.1) is 0 Å². The zero-order valence-corrected chi connectivity index (χ0v) is 9.05. The average molecular weight is 205 g/mol. The molecular formula is C9H19NO2S. The number of rotatable bonds is 5. The van der Waals surface area contributed by atoms with E-state index in [0.717, 1.165) is 38.6 Å². The summed E-state index contributed by atoms with van der Waals surface area (Å²) in [4.78, 5) is 2.42. The Morgan fingerprint density at radius 1 is 1.46 bits per heavy atom. The molecule has 1 saturated heterocycles. The molecule has 1 aliphatic rings. The summed E-state index contributed by atoms with van der Waals surface area (Å²) in [6.07, 6.45) is 0. The molecule has 0 aliphatic carbocycles. The molecule has 1 unspecified atom stereocenters. The van der Waals surface area contributed by atoms with Crippen molar-refractivity contribution in [2.75, 3.05) is 45.2 Å². The summed E-state index contributed by atoms with van der Waals surface area (Å²) in [5, 5.41) is 9.19. The summed E-state index contributed by atoms with van der Waals surface area (Å²) in [6, 6.07) is 0. The van der Waals surface area contributed by atoms with Gasteiger partial charge in [-0.2, -0.15) is 11.8 Å². The van der Waals surface area contributed by atoms with Crippen molar-refractivity contribution in [1.29, 1.82) is 0 Å². The number of hydrogen-bond acceptors (Lipinski definition) is 4. The van der Waals surface area contributed by atoms with Gasteiger partial charge >= 0.3 is 0 Å². The zero-order chi connectivity index (χ0) is 9.52. The molecule has 1 N–H and O–H groups in total. The summed E-state index contributed by atoms with van der Waals surface area (Å²) in [5.74, 6) is 1.11. The number of aliphatic hydroxyl groups is 1. The van der Waals surface area contributed by atoms with Gasteiger partial charge in [0.1, 0.15) is 0 Å². The van der Waals surface area contributed by atoms with E-state index in [1.807, 2.05) is 11.8 Å². The van der Waals surface area contributed by atoms with Crippen LogP contribution in [0.2, 0.25) is 0 Å². The van der Waals surface area contributed by atoms with Gasteiger partial charge in [-0.1, -0.05) is 6.92 Å². The van der Waals surface area contributed by atoms with E-state index in [0.29, 0.717) is 5.25 Å². The van der Waals surface area contributed by atoms with Crippen molar-refractivity contribution in [2.24, 2.45) is 0 Å². The number of aliphatic hydroxyl groups excluding tert-OH is 1. The van der Waals surface area contributed by atoms with E-state index in [4.69, 9.17) is 9.84 Å². The van der Waals surface area contributed by atoms with Gasteiger partial charge in [-0.25, -0.2) is 0 Å². The van der Waals surface area contributed by atoms with Gasteiger partial charge < -0.3 is 9.84 Å². The van der Waals surface area contributed by atoms with Crippen LogP contribution in [0, 0.1) is 0 Å². The quantitative estimate of drug-likeness (QED) is 0.705. The molecule has 1 heterocycles. The zero-order valence-electron chi connectivity index (χ0n) is 8.24. The minimum absolute atomic E-state index is 0.285. The maximum atomic E-state index is 8.82. The van der Waals surface area contributed by atoms with Crippen LogP contribution >= 0.6 is 11.8 Å². The fourth-order valence-corrected chi connectivity index (χ4v) is 2.13. The second kappa shape index (κ2) is 6.65. The van der Waals surface area contributed by atoms with Gasteiger partial charge in [0.05, 0.1) is 19.8 Å². The Morgan fingerprint density at radius 2 is 2.15 bits per heavy atom. The molecule has 0 amide bonds. The van der Waals surface area contributed by atoms with E-state index in [1.54, 1.807) is 0 Å².